The van der Waals surface area contributed by atoms with Crippen LogP contribution < -0.4 is 37.9 Å². The van der Waals surface area contributed by atoms with Gasteiger partial charge in [0.05, 0.1) is 87.7 Å². The number of ketones is 1. The van der Waals surface area contributed by atoms with Crippen LogP contribution in [0.15, 0.2) is 137 Å². The van der Waals surface area contributed by atoms with Crippen LogP contribution in [0.5, 0.6) is 0 Å². The van der Waals surface area contributed by atoms with Gasteiger partial charge in [-0.2, -0.15) is 4.98 Å². The summed E-state index contributed by atoms with van der Waals surface area (Å²) in [6, 6.07) is 26.7. The molecule has 113 heavy (non-hydrogen) atoms. The second kappa shape index (κ2) is 37.2. The summed E-state index contributed by atoms with van der Waals surface area (Å²) in [6.45, 7) is 6.95. The molecule has 2 bridgehead atoms. The van der Waals surface area contributed by atoms with Crippen LogP contribution >= 0.6 is 0 Å². The molecule has 0 spiro atoms. The lowest BCUT2D eigenvalue weighted by Gasteiger charge is -2.67. The van der Waals surface area contributed by atoms with E-state index in [-0.39, 0.29) is 129 Å². The lowest BCUT2D eigenvalue weighted by Crippen LogP contribution is -2.82. The van der Waals surface area contributed by atoms with E-state index in [4.69, 9.17) is 53.1 Å². The lowest BCUT2D eigenvalue weighted by molar-refractivity contribution is -0.346. The van der Waals surface area contributed by atoms with Crippen LogP contribution in [0, 0.1) is 16.7 Å². The van der Waals surface area contributed by atoms with E-state index in [1.165, 1.54) is 82.4 Å². The monoisotopic (exact) mass is 1570 g/mol. The van der Waals surface area contributed by atoms with Crippen LogP contribution in [0.25, 0.3) is 11.2 Å². The number of nitrogens with two attached hydrogens (primary N) is 1. The molecule has 4 aromatic carbocycles. The van der Waals surface area contributed by atoms with Gasteiger partial charge in [-0.25, -0.2) is 29.1 Å². The van der Waals surface area contributed by atoms with E-state index in [1.54, 1.807) is 66.7 Å². The molecule has 6 aromatic rings. The molecule has 4 aliphatic rings. The van der Waals surface area contributed by atoms with Crippen LogP contribution in [0.4, 0.5) is 11.6 Å². The number of rotatable bonds is 36. The Morgan fingerprint density at radius 1 is 0.708 bits per heavy atom. The molecule has 10 rings (SSSR count). The Morgan fingerprint density at radius 2 is 1.31 bits per heavy atom. The SMILES string of the molecule is CC(=O)O[C@H]1C(=O)[C@@]2(C)[C@H]([C@H](OC(=O)c3ccccc3)[C@]3(O)C[C@H](OC(=O)[C@H](OC(=O)COCC(=O)NCCOCCOCCOCCNC(=O)CCC(NC(=O)c4ccc(NCc5cnc6nc(N)[nH]c(=O)c6n5)cc4)C(=O)O)[C@@H](NC(=O)c4ccccc4)c4ccccc4)C(C)=C1C3(C)C)[C@]1(OC(C)=O)CO[C@@H]1C[C@@H]2O. The highest BCUT2D eigenvalue weighted by Gasteiger charge is 2.78. The van der Waals surface area contributed by atoms with E-state index in [0.29, 0.717) is 11.4 Å². The molecule has 3 fully saturated rings. The van der Waals surface area contributed by atoms with Crippen molar-refractivity contribution in [2.45, 2.75) is 134 Å². The number of carboxylic acids is 1. The number of anilines is 2. The number of Topliss-reactive ketones (excluding diaryl/α,β-unsaturated/α-hetero) is 1. The molecule has 1 unspecified atom stereocenters. The highest BCUT2D eigenvalue weighted by atomic mass is 16.6. The van der Waals surface area contributed by atoms with Crippen molar-refractivity contribution in [2.75, 3.05) is 83.6 Å². The number of aromatic nitrogens is 4. The first-order valence-electron chi connectivity index (χ1n) is 36.4. The van der Waals surface area contributed by atoms with Gasteiger partial charge in [-0.15, -0.1) is 0 Å². The van der Waals surface area contributed by atoms with Gasteiger partial charge in [0, 0.05) is 68.4 Å². The number of aliphatic carboxylic acids is 1. The third kappa shape index (κ3) is 19.7. The number of carbonyl (C=O) groups excluding carboxylic acids is 10. The Labute approximate surface area is 647 Å². The van der Waals surface area contributed by atoms with E-state index >= 15 is 9.59 Å². The molecule has 35 heteroatoms. The highest BCUT2D eigenvalue weighted by Crippen LogP contribution is 2.64. The second-order valence-corrected chi connectivity index (χ2v) is 28.2. The zero-order valence-electron chi connectivity index (χ0n) is 62.8. The second-order valence-electron chi connectivity index (χ2n) is 28.2. The summed E-state index contributed by atoms with van der Waals surface area (Å²) >= 11 is 0. The first kappa shape index (κ1) is 84.0. The summed E-state index contributed by atoms with van der Waals surface area (Å²) in [5, 5.41) is 49.7. The summed E-state index contributed by atoms with van der Waals surface area (Å²) in [5.74, 6) is -12.0. The van der Waals surface area contributed by atoms with Crippen molar-refractivity contribution in [3.8, 4) is 0 Å². The molecule has 11 N–H and O–H groups in total. The zero-order valence-corrected chi connectivity index (χ0v) is 62.8. The number of fused-ring (bicyclic) bond motifs is 6. The number of benzene rings is 4. The summed E-state index contributed by atoms with van der Waals surface area (Å²) in [7, 11) is 0. The van der Waals surface area contributed by atoms with E-state index in [1.807, 2.05) is 0 Å². The van der Waals surface area contributed by atoms with E-state index in [0.717, 1.165) is 13.8 Å². The molecule has 0 radical (unpaired) electrons. The number of aromatic amines is 1. The number of H-pyrrole nitrogens is 1. The van der Waals surface area contributed by atoms with Crippen molar-refractivity contribution >= 4 is 88.0 Å². The molecular weight excluding hydrogens is 1480 g/mol. The van der Waals surface area contributed by atoms with Gasteiger partial charge in [-0.1, -0.05) is 80.6 Å². The maximum absolute atomic E-state index is 15.9. The average molecular weight is 1570 g/mol. The van der Waals surface area contributed by atoms with Gasteiger partial charge in [0.2, 0.25) is 23.9 Å². The Kier molecular flexibility index (Phi) is 27.7. The number of ether oxygens (including phenoxy) is 10. The smallest absolute Gasteiger partial charge is 0.350 e. The van der Waals surface area contributed by atoms with Crippen LogP contribution in [-0.4, -0.2) is 227 Å². The highest BCUT2D eigenvalue weighted by molar-refractivity contribution is 5.98. The van der Waals surface area contributed by atoms with Gasteiger partial charge in [0.15, 0.2) is 28.7 Å². The zero-order chi connectivity index (χ0) is 81.4. The Bertz CT molecular complexity index is 4570. The van der Waals surface area contributed by atoms with Crippen LogP contribution in [0.2, 0.25) is 0 Å². The number of hydrogen-bond donors (Lipinski definition) is 10. The number of esters is 5. The van der Waals surface area contributed by atoms with E-state index < -0.39 is 174 Å². The molecular formula is C78H90N10O25. The quantitative estimate of drug-likeness (QED) is 0.0117. The molecule has 602 valence electrons. The van der Waals surface area contributed by atoms with E-state index in [2.05, 4.69) is 46.5 Å². The Balaban J connectivity index is 0.701. The minimum atomic E-state index is -2.56. The van der Waals surface area contributed by atoms with Gasteiger partial charge in [-0.05, 0) is 85.5 Å². The predicted octanol–water partition coefficient (Wildman–Crippen LogP) is 2.47. The van der Waals surface area contributed by atoms with Crippen molar-refractivity contribution in [3.05, 3.63) is 171 Å². The lowest BCUT2D eigenvalue weighted by atomic mass is 9.44. The molecule has 1 aliphatic heterocycles. The molecule has 4 amide bonds. The largest absolute Gasteiger partial charge is 0.480 e. The van der Waals surface area contributed by atoms with Gasteiger partial charge >= 0.3 is 35.8 Å². The molecule has 3 heterocycles. The van der Waals surface area contributed by atoms with Crippen molar-refractivity contribution in [2.24, 2.45) is 16.7 Å². The van der Waals surface area contributed by atoms with Gasteiger partial charge in [0.25, 0.3) is 17.4 Å². The fourth-order valence-corrected chi connectivity index (χ4v) is 14.7. The number of carbonyl (C=O) groups is 11. The van der Waals surface area contributed by atoms with Crippen molar-refractivity contribution in [1.82, 2.24) is 41.2 Å². The molecule has 2 saturated carbocycles. The first-order chi connectivity index (χ1) is 53.9. The van der Waals surface area contributed by atoms with Crippen LogP contribution in [0.1, 0.15) is 116 Å². The number of nitrogens with zero attached hydrogens (tertiary/aromatic N) is 3. The minimum absolute atomic E-state index is 0.00190. The third-order valence-electron chi connectivity index (χ3n) is 20.4. The summed E-state index contributed by atoms with van der Waals surface area (Å²) < 4.78 is 58.9. The number of aliphatic hydroxyl groups excluding tert-OH is 1. The fraction of sp³-hybridized carbons (Fsp3) is 0.449. The van der Waals surface area contributed by atoms with Gasteiger partial charge in [-0.3, -0.25) is 43.3 Å². The maximum atomic E-state index is 15.9. The van der Waals surface area contributed by atoms with Crippen molar-refractivity contribution in [1.29, 1.82) is 0 Å². The van der Waals surface area contributed by atoms with Gasteiger partial charge in [0.1, 0.15) is 49.2 Å². The number of aliphatic hydroxyl groups is 2. The standard InChI is InChI=1S/C78H90N10O25/c1-43-53(37-78(103)66(112-72(101)49-20-14-9-15-21-49)64-76(6,54(91)36-55-77(64,42-108-55)113-45(3)90)65(95)62(109-44(2)89)59(43)75(78,4)5)110-73(102)63(60(46-16-10-7-11-17-46)86-69(97)47-18-12-8-13-19-47)111-58(94)41-107-40-57(93)81-29-31-105-33-35-106-34-32-104-30-28-80-56(92)27-26-52(71(99)100)85-68(96)48-22-24-50(25-23-48)82-38-51-39-83-67-61(84-51)70(98)88-74(79)87-67/h7-25,39,52-55,60,62-64,66,82,91,103H,26-38,40-42H2,1-6H3,(H,80,92)(H,81,93)(H,85,96)(H,86,97)(H,99,100)(H3,79,83,87,88,98)/t52?,53-,54-,55+,60-,62+,63+,64-,66-,76+,77-,78+/m0/s1. The third-order valence-corrected chi connectivity index (χ3v) is 20.4. The Hall–Kier alpha value is -11.5. The molecule has 1 saturated heterocycles. The predicted molar refractivity (Wildman–Crippen MR) is 395 cm³/mol. The number of carboxylic acid groups (broad SMARTS) is 1. The maximum Gasteiger partial charge on any atom is 0.350 e. The molecule has 3 aliphatic carbocycles. The summed E-state index contributed by atoms with van der Waals surface area (Å²) in [6.07, 6.45) is -10.5. The number of nitrogen functional groups attached to an aromatic ring is 1. The summed E-state index contributed by atoms with van der Waals surface area (Å²) in [4.78, 5) is 178. The number of hydrogen-bond acceptors (Lipinski definition) is 29. The average Bonchev–Trinajstić information content (AvgIpc) is 0.668. The molecule has 35 nitrogen and oxygen atoms in total. The topological polar surface area (TPSA) is 498 Å². The van der Waals surface area contributed by atoms with Crippen LogP contribution in [-0.2, 0) is 92.3 Å². The van der Waals surface area contributed by atoms with Crippen molar-refractivity contribution in [3.63, 3.8) is 0 Å². The van der Waals surface area contributed by atoms with E-state index in [9.17, 15) is 63.3 Å². The fourth-order valence-electron chi connectivity index (χ4n) is 14.7. The normalized spacial score (nSPS) is 22.8. The molecule has 2 aromatic heterocycles. The minimum Gasteiger partial charge on any atom is -0.480 e. The molecule has 12 atom stereocenters. The van der Waals surface area contributed by atoms with Crippen molar-refractivity contribution < 1.29 is 115 Å². The van der Waals surface area contributed by atoms with Crippen LogP contribution in [0.3, 0.4) is 0 Å². The Morgan fingerprint density at radius 3 is 1.92 bits per heavy atom. The van der Waals surface area contributed by atoms with Gasteiger partial charge < -0.3 is 95.0 Å². The first-order valence-corrected chi connectivity index (χ1v) is 36.4. The number of nitrogens with one attached hydrogen (secondary N) is 6. The summed E-state index contributed by atoms with van der Waals surface area (Å²) in [5.41, 5.74) is -1.84. The number of amides is 4.